The van der Waals surface area contributed by atoms with Crippen molar-refractivity contribution in [2.24, 2.45) is 0 Å². The van der Waals surface area contributed by atoms with Crippen LogP contribution >= 0.6 is 0 Å². The Kier molecular flexibility index (Phi) is 4.18. The summed E-state index contributed by atoms with van der Waals surface area (Å²) in [7, 11) is -3.35. The molecule has 1 heterocycles. The number of benzene rings is 2. The molecule has 1 amide bonds. The Bertz CT molecular complexity index is 963. The summed E-state index contributed by atoms with van der Waals surface area (Å²) < 4.78 is 25.0. The highest BCUT2D eigenvalue weighted by Gasteiger charge is 2.11. The first-order valence-corrected chi connectivity index (χ1v) is 9.02. The molecule has 0 saturated carbocycles. The molecule has 0 radical (unpaired) electrons. The minimum absolute atomic E-state index is 0.116. The lowest BCUT2D eigenvalue weighted by molar-refractivity contribution is 0.102. The van der Waals surface area contributed by atoms with Crippen molar-refractivity contribution in [3.8, 4) is 5.69 Å². The molecule has 3 aromatic rings. The third-order valence-corrected chi connectivity index (χ3v) is 4.56. The summed E-state index contributed by atoms with van der Waals surface area (Å²) in [6, 6.07) is 13.2. The van der Waals surface area contributed by atoms with Gasteiger partial charge in [0.2, 0.25) is 0 Å². The maximum Gasteiger partial charge on any atom is 0.255 e. The first-order valence-electron chi connectivity index (χ1n) is 7.13. The van der Waals surface area contributed by atoms with Crippen LogP contribution in [0.3, 0.4) is 0 Å². The summed E-state index contributed by atoms with van der Waals surface area (Å²) in [6.07, 6.45) is 6.30. The number of carbonyl (C=O) groups is 1. The normalized spacial score (nSPS) is 11.2. The van der Waals surface area contributed by atoms with Crippen molar-refractivity contribution in [1.82, 2.24) is 9.55 Å². The number of anilines is 1. The number of carbonyl (C=O) groups excluding carboxylic acids is 1. The average molecular weight is 341 g/mol. The smallest absolute Gasteiger partial charge is 0.255 e. The fraction of sp³-hybridized carbons (Fsp3) is 0.0588. The standard InChI is InChI=1S/C17H15N3O3S/c1-24(22,23)16-4-2-3-13(11-16)17(21)19-14-5-7-15(8-6-14)20-10-9-18-12-20/h2-12H,1H3,(H,19,21). The van der Waals surface area contributed by atoms with Crippen molar-refractivity contribution in [2.75, 3.05) is 11.6 Å². The lowest BCUT2D eigenvalue weighted by Crippen LogP contribution is -2.12. The zero-order chi connectivity index (χ0) is 17.2. The summed E-state index contributed by atoms with van der Waals surface area (Å²) in [4.78, 5) is 16.4. The maximum atomic E-state index is 12.3. The van der Waals surface area contributed by atoms with Gasteiger partial charge in [-0.2, -0.15) is 0 Å². The van der Waals surface area contributed by atoms with Crippen LogP contribution < -0.4 is 5.32 Å². The van der Waals surface area contributed by atoms with E-state index in [-0.39, 0.29) is 16.4 Å². The minimum atomic E-state index is -3.35. The van der Waals surface area contributed by atoms with Crippen molar-refractivity contribution in [2.45, 2.75) is 4.90 Å². The zero-order valence-corrected chi connectivity index (χ0v) is 13.7. The van der Waals surface area contributed by atoms with Gasteiger partial charge < -0.3 is 9.88 Å². The molecule has 0 aliphatic heterocycles. The Morgan fingerprint density at radius 3 is 2.50 bits per heavy atom. The third kappa shape index (κ3) is 3.52. The van der Waals surface area contributed by atoms with E-state index < -0.39 is 9.84 Å². The van der Waals surface area contributed by atoms with Crippen LogP contribution in [-0.4, -0.2) is 30.1 Å². The van der Waals surface area contributed by atoms with E-state index in [1.807, 2.05) is 22.9 Å². The molecule has 3 rings (SSSR count). The maximum absolute atomic E-state index is 12.3. The zero-order valence-electron chi connectivity index (χ0n) is 12.9. The number of hydrogen-bond donors (Lipinski definition) is 1. The van der Waals surface area contributed by atoms with E-state index in [1.165, 1.54) is 12.1 Å². The molecule has 0 fully saturated rings. The summed E-state index contributed by atoms with van der Waals surface area (Å²) in [5.74, 6) is -0.365. The number of aromatic nitrogens is 2. The largest absolute Gasteiger partial charge is 0.322 e. The molecule has 0 bridgehead atoms. The van der Waals surface area contributed by atoms with Crippen LogP contribution in [0.1, 0.15) is 10.4 Å². The third-order valence-electron chi connectivity index (χ3n) is 3.45. The molecule has 1 aromatic heterocycles. The second kappa shape index (κ2) is 6.29. The van der Waals surface area contributed by atoms with E-state index in [4.69, 9.17) is 0 Å². The monoisotopic (exact) mass is 341 g/mol. The summed E-state index contributed by atoms with van der Waals surface area (Å²) >= 11 is 0. The number of sulfone groups is 1. The van der Waals surface area contributed by atoms with Crippen molar-refractivity contribution < 1.29 is 13.2 Å². The number of hydrogen-bond acceptors (Lipinski definition) is 4. The van der Waals surface area contributed by atoms with Crippen LogP contribution in [0.4, 0.5) is 5.69 Å². The molecule has 2 aromatic carbocycles. The van der Waals surface area contributed by atoms with Gasteiger partial charge in [-0.15, -0.1) is 0 Å². The Morgan fingerprint density at radius 1 is 1.12 bits per heavy atom. The highest BCUT2D eigenvalue weighted by Crippen LogP contribution is 2.16. The SMILES string of the molecule is CS(=O)(=O)c1cccc(C(=O)Nc2ccc(-n3ccnc3)cc2)c1. The van der Waals surface area contributed by atoms with Crippen molar-refractivity contribution in [1.29, 1.82) is 0 Å². The van der Waals surface area contributed by atoms with Gasteiger partial charge in [-0.3, -0.25) is 4.79 Å². The van der Waals surface area contributed by atoms with Crippen LogP contribution in [-0.2, 0) is 9.84 Å². The number of nitrogens with one attached hydrogen (secondary N) is 1. The molecule has 0 aliphatic rings. The Labute approximate surface area is 139 Å². The molecular formula is C17H15N3O3S. The van der Waals surface area contributed by atoms with Gasteiger partial charge >= 0.3 is 0 Å². The first kappa shape index (κ1) is 15.9. The minimum Gasteiger partial charge on any atom is -0.322 e. The molecule has 1 N–H and O–H groups in total. The van der Waals surface area contributed by atoms with E-state index in [2.05, 4.69) is 10.3 Å². The number of rotatable bonds is 4. The average Bonchev–Trinajstić information content (AvgIpc) is 3.09. The Hall–Kier alpha value is -2.93. The van der Waals surface area contributed by atoms with E-state index in [1.54, 1.807) is 36.8 Å². The molecule has 24 heavy (non-hydrogen) atoms. The highest BCUT2D eigenvalue weighted by molar-refractivity contribution is 7.90. The van der Waals surface area contributed by atoms with Crippen molar-refractivity contribution in [3.63, 3.8) is 0 Å². The van der Waals surface area contributed by atoms with Crippen LogP contribution in [0.2, 0.25) is 0 Å². The van der Waals surface area contributed by atoms with Crippen LogP contribution in [0.15, 0.2) is 72.1 Å². The summed E-state index contributed by atoms with van der Waals surface area (Å²) in [5.41, 5.74) is 1.83. The van der Waals surface area contributed by atoms with Gasteiger partial charge in [0.15, 0.2) is 9.84 Å². The fourth-order valence-electron chi connectivity index (χ4n) is 2.20. The molecule has 0 atom stereocenters. The Balaban J connectivity index is 1.78. The molecule has 0 saturated heterocycles. The fourth-order valence-corrected chi connectivity index (χ4v) is 2.87. The van der Waals surface area contributed by atoms with Crippen molar-refractivity contribution in [3.05, 3.63) is 72.8 Å². The van der Waals surface area contributed by atoms with Crippen LogP contribution in [0.5, 0.6) is 0 Å². The second-order valence-electron chi connectivity index (χ2n) is 5.27. The van der Waals surface area contributed by atoms with E-state index in [0.717, 1.165) is 11.9 Å². The van der Waals surface area contributed by atoms with Crippen LogP contribution in [0, 0.1) is 0 Å². The highest BCUT2D eigenvalue weighted by atomic mass is 32.2. The number of imidazole rings is 1. The molecule has 0 unspecified atom stereocenters. The number of nitrogens with zero attached hydrogens (tertiary/aromatic N) is 2. The molecule has 0 spiro atoms. The molecular weight excluding hydrogens is 326 g/mol. The van der Waals surface area contributed by atoms with Gasteiger partial charge in [-0.1, -0.05) is 6.07 Å². The van der Waals surface area contributed by atoms with Crippen LogP contribution in [0.25, 0.3) is 5.69 Å². The lowest BCUT2D eigenvalue weighted by atomic mass is 10.2. The van der Waals surface area contributed by atoms with Gasteiger partial charge in [-0.05, 0) is 42.5 Å². The number of amides is 1. The predicted molar refractivity (Wildman–Crippen MR) is 91.1 cm³/mol. The Morgan fingerprint density at radius 2 is 1.88 bits per heavy atom. The molecule has 0 aliphatic carbocycles. The molecule has 7 heteroatoms. The van der Waals surface area contributed by atoms with E-state index >= 15 is 0 Å². The molecule has 6 nitrogen and oxygen atoms in total. The topological polar surface area (TPSA) is 81.1 Å². The summed E-state index contributed by atoms with van der Waals surface area (Å²) in [6.45, 7) is 0. The van der Waals surface area contributed by atoms with E-state index in [0.29, 0.717) is 5.69 Å². The van der Waals surface area contributed by atoms with E-state index in [9.17, 15) is 13.2 Å². The lowest BCUT2D eigenvalue weighted by Gasteiger charge is -2.08. The van der Waals surface area contributed by atoms with Crippen molar-refractivity contribution >= 4 is 21.4 Å². The van der Waals surface area contributed by atoms with Gasteiger partial charge in [0.05, 0.1) is 11.2 Å². The predicted octanol–water partition coefficient (Wildman–Crippen LogP) is 2.53. The quantitative estimate of drug-likeness (QED) is 0.791. The van der Waals surface area contributed by atoms with Gasteiger partial charge in [0, 0.05) is 35.6 Å². The van der Waals surface area contributed by atoms with Gasteiger partial charge in [0.25, 0.3) is 5.91 Å². The molecule has 122 valence electrons. The van der Waals surface area contributed by atoms with Gasteiger partial charge in [0.1, 0.15) is 0 Å². The second-order valence-corrected chi connectivity index (χ2v) is 7.29. The summed E-state index contributed by atoms with van der Waals surface area (Å²) in [5, 5.41) is 2.75. The first-order chi connectivity index (χ1) is 11.4. The van der Waals surface area contributed by atoms with Gasteiger partial charge in [-0.25, -0.2) is 13.4 Å².